The van der Waals surface area contributed by atoms with E-state index in [1.807, 2.05) is 47.0 Å². The molecule has 0 nitrogen and oxygen atoms in total. The molecule has 4 rings (SSSR count). The molecular weight excluding hydrogens is 333 g/mol. The first-order valence-electron chi connectivity index (χ1n) is 4.49. The Morgan fingerprint density at radius 2 is 1.12 bits per heavy atom. The fourth-order valence-corrected chi connectivity index (χ4v) is 10.6. The molecule has 0 fully saturated rings. The van der Waals surface area contributed by atoms with Crippen LogP contribution in [0.2, 0.25) is 0 Å². The Kier molecular flexibility index (Phi) is 2.81. The van der Waals surface area contributed by atoms with E-state index in [0.717, 1.165) is 3.14 Å². The van der Waals surface area contributed by atoms with Crippen LogP contribution < -0.4 is 0 Å². The van der Waals surface area contributed by atoms with Crippen molar-refractivity contribution in [2.75, 3.05) is 10.2 Å². The van der Waals surface area contributed by atoms with Gasteiger partial charge in [-0.25, -0.2) is 0 Å². The normalized spacial score (nSPS) is 18.0. The van der Waals surface area contributed by atoms with Gasteiger partial charge in [-0.1, -0.05) is 12.2 Å². The van der Waals surface area contributed by atoms with Gasteiger partial charge in [0.2, 0.25) is 0 Å². The Balaban J connectivity index is 2.24. The lowest BCUT2D eigenvalue weighted by molar-refractivity contribution is 1.11. The van der Waals surface area contributed by atoms with Gasteiger partial charge in [-0.15, -0.1) is 69.7 Å². The minimum Gasteiger partial charge on any atom is -0.112 e. The second kappa shape index (κ2) is 4.08. The van der Waals surface area contributed by atoms with Gasteiger partial charge >= 0.3 is 0 Å². The van der Waals surface area contributed by atoms with Crippen LogP contribution >= 0.6 is 81.9 Å². The summed E-state index contributed by atoms with van der Waals surface area (Å²) in [6.07, 6.45) is 0. The first-order valence-corrected chi connectivity index (χ1v) is 10.5. The fourth-order valence-electron chi connectivity index (χ4n) is 1.81. The number of fused-ring (bicyclic) bond motifs is 6. The maximum Gasteiger partial charge on any atom is 0.144 e. The maximum atomic E-state index is 5.36. The van der Waals surface area contributed by atoms with Crippen molar-refractivity contribution >= 4 is 91.3 Å². The van der Waals surface area contributed by atoms with Gasteiger partial charge in [0.15, 0.2) is 0 Å². The number of thioether (sulfide) groups is 4. The summed E-state index contributed by atoms with van der Waals surface area (Å²) >= 11 is 16.9. The van der Waals surface area contributed by atoms with Crippen molar-refractivity contribution in [2.24, 2.45) is 0 Å². The van der Waals surface area contributed by atoms with E-state index in [0.29, 0.717) is 0 Å². The first-order chi connectivity index (χ1) is 7.84. The van der Waals surface area contributed by atoms with Crippen molar-refractivity contribution < 1.29 is 0 Å². The van der Waals surface area contributed by atoms with Gasteiger partial charge < -0.3 is 0 Å². The van der Waals surface area contributed by atoms with Crippen LogP contribution in [0.3, 0.4) is 0 Å². The molecule has 0 atom stereocenters. The molecule has 0 bridgehead atoms. The minimum absolute atomic E-state index is 1.07. The van der Waals surface area contributed by atoms with Crippen molar-refractivity contribution in [3.05, 3.63) is 3.14 Å². The minimum atomic E-state index is 1.07. The van der Waals surface area contributed by atoms with Crippen molar-refractivity contribution in [2.45, 2.75) is 19.6 Å². The molecular formula is C9H4S7. The fraction of sp³-hybridized carbons (Fsp3) is 0.222. The smallest absolute Gasteiger partial charge is 0.112 e. The topological polar surface area (TPSA) is 0 Å². The number of hydrogen-bond donors (Lipinski definition) is 0. The zero-order valence-electron chi connectivity index (χ0n) is 7.77. The molecule has 0 unspecified atom stereocenters. The Labute approximate surface area is 123 Å². The molecule has 0 radical (unpaired) electrons. The average molecular weight is 337 g/mol. The van der Waals surface area contributed by atoms with E-state index in [9.17, 15) is 0 Å². The quantitative estimate of drug-likeness (QED) is 0.539. The highest BCUT2D eigenvalue weighted by Gasteiger charge is 2.28. The van der Waals surface area contributed by atoms with Gasteiger partial charge in [-0.05, 0) is 0 Å². The Hall–Kier alpha value is 1.15. The molecule has 2 aromatic rings. The molecule has 0 saturated heterocycles. The molecule has 7 heteroatoms. The predicted octanol–water partition coefficient (Wildman–Crippen LogP) is 6.00. The second-order valence-electron chi connectivity index (χ2n) is 3.24. The molecule has 3 heterocycles. The number of hydrogen-bond acceptors (Lipinski definition) is 7. The third kappa shape index (κ3) is 1.49. The first kappa shape index (κ1) is 11.0. The monoisotopic (exact) mass is 336 g/mol. The van der Waals surface area contributed by atoms with E-state index in [2.05, 4.69) is 0 Å². The van der Waals surface area contributed by atoms with Gasteiger partial charge in [0.25, 0.3) is 0 Å². The third-order valence-electron chi connectivity index (χ3n) is 2.42. The van der Waals surface area contributed by atoms with Crippen molar-refractivity contribution in [3.8, 4) is 0 Å². The molecule has 0 amide bonds. The average Bonchev–Trinajstić information content (AvgIpc) is 2.91. The van der Waals surface area contributed by atoms with E-state index < -0.39 is 0 Å². The van der Waals surface area contributed by atoms with Gasteiger partial charge in [-0.2, -0.15) is 0 Å². The van der Waals surface area contributed by atoms with E-state index in [4.69, 9.17) is 12.2 Å². The summed E-state index contributed by atoms with van der Waals surface area (Å²) in [6.45, 7) is 0. The lowest BCUT2D eigenvalue weighted by atomic mass is 10.3. The van der Waals surface area contributed by atoms with Crippen LogP contribution in [0.1, 0.15) is 0 Å². The van der Waals surface area contributed by atoms with E-state index in [1.54, 1.807) is 22.7 Å². The summed E-state index contributed by atoms with van der Waals surface area (Å²) < 4.78 is 3.98. The Morgan fingerprint density at radius 3 is 1.62 bits per heavy atom. The van der Waals surface area contributed by atoms with Crippen LogP contribution in [0.15, 0.2) is 19.6 Å². The molecule has 82 valence electrons. The molecule has 0 aliphatic carbocycles. The molecule has 0 N–H and O–H groups in total. The lowest BCUT2D eigenvalue weighted by Crippen LogP contribution is -1.79. The third-order valence-corrected chi connectivity index (χ3v) is 10.4. The summed E-state index contributed by atoms with van der Waals surface area (Å²) in [5.41, 5.74) is 0. The van der Waals surface area contributed by atoms with Crippen molar-refractivity contribution in [1.29, 1.82) is 0 Å². The van der Waals surface area contributed by atoms with Gasteiger partial charge in [0, 0.05) is 29.8 Å². The van der Waals surface area contributed by atoms with E-state index in [-0.39, 0.29) is 0 Å². The molecule has 0 spiro atoms. The maximum absolute atomic E-state index is 5.36. The summed E-state index contributed by atoms with van der Waals surface area (Å²) in [4.78, 5) is 6.08. The summed E-state index contributed by atoms with van der Waals surface area (Å²) in [6, 6.07) is 0. The zero-order valence-corrected chi connectivity index (χ0v) is 13.5. The molecule has 2 aliphatic rings. The number of benzene rings is 1. The molecule has 16 heavy (non-hydrogen) atoms. The number of rotatable bonds is 0. The van der Waals surface area contributed by atoms with Crippen LogP contribution in [0, 0.1) is 3.14 Å². The molecule has 1 aromatic heterocycles. The summed E-state index contributed by atoms with van der Waals surface area (Å²) in [7, 11) is 0. The zero-order chi connectivity index (χ0) is 10.7. The summed E-state index contributed by atoms with van der Waals surface area (Å²) in [5, 5.41) is 2.34. The van der Waals surface area contributed by atoms with Crippen LogP contribution in [-0.4, -0.2) is 10.2 Å². The van der Waals surface area contributed by atoms with Crippen molar-refractivity contribution in [3.63, 3.8) is 0 Å². The second-order valence-corrected chi connectivity index (χ2v) is 11.1. The Bertz CT molecular complexity index is 596. The lowest BCUT2D eigenvalue weighted by Gasteiger charge is -2.05. The molecule has 0 saturated carbocycles. The van der Waals surface area contributed by atoms with Crippen LogP contribution in [0.5, 0.6) is 0 Å². The van der Waals surface area contributed by atoms with Gasteiger partial charge in [-0.3, -0.25) is 0 Å². The highest BCUT2D eigenvalue weighted by atomic mass is 32.2. The summed E-state index contributed by atoms with van der Waals surface area (Å²) in [5.74, 6) is 0. The highest BCUT2D eigenvalue weighted by Crippen LogP contribution is 2.59. The Morgan fingerprint density at radius 1 is 0.688 bits per heavy atom. The van der Waals surface area contributed by atoms with Gasteiger partial charge in [0.1, 0.15) is 3.14 Å². The van der Waals surface area contributed by atoms with E-state index >= 15 is 0 Å². The molecule has 2 aliphatic heterocycles. The standard InChI is InChI=1S/C9H4S7/c10-9-15-7-5-3(11-1-13-5)4-6(8(7)16-9)14-2-12-4/h1-2H2. The largest absolute Gasteiger partial charge is 0.144 e. The molecule has 1 aromatic carbocycles. The van der Waals surface area contributed by atoms with E-state index in [1.165, 1.54) is 39.2 Å². The van der Waals surface area contributed by atoms with Crippen molar-refractivity contribution in [1.82, 2.24) is 0 Å². The van der Waals surface area contributed by atoms with Crippen LogP contribution in [0.25, 0.3) is 9.40 Å². The highest BCUT2D eigenvalue weighted by molar-refractivity contribution is 8.21. The van der Waals surface area contributed by atoms with Gasteiger partial charge in [0.05, 0.1) is 9.40 Å². The predicted molar refractivity (Wildman–Crippen MR) is 83.7 cm³/mol. The van der Waals surface area contributed by atoms with Crippen LogP contribution in [0.4, 0.5) is 0 Å². The van der Waals surface area contributed by atoms with Crippen LogP contribution in [-0.2, 0) is 0 Å². The SMILES string of the molecule is S=c1sc2c3c(c4c(c2s1)SCS4)SCS3.